The van der Waals surface area contributed by atoms with Crippen molar-refractivity contribution in [1.29, 1.82) is 0 Å². The summed E-state index contributed by atoms with van der Waals surface area (Å²) >= 11 is 0. The Morgan fingerprint density at radius 1 is 1.06 bits per heavy atom. The Kier molecular flexibility index (Phi) is 5.35. The molecule has 5 heteroatoms. The van der Waals surface area contributed by atoms with E-state index >= 15 is 0 Å². The molecule has 1 unspecified atom stereocenters. The molecule has 1 fully saturated rings. The van der Waals surface area contributed by atoms with Crippen molar-refractivity contribution in [3.05, 3.63) is 94.3 Å². The van der Waals surface area contributed by atoms with Crippen LogP contribution in [0.4, 0.5) is 5.69 Å². The van der Waals surface area contributed by atoms with Gasteiger partial charge < -0.3 is 4.90 Å². The molecule has 5 rings (SSSR count). The average Bonchev–Trinajstić information content (AvgIpc) is 3.21. The number of aromatic amines is 1. The standard InChI is InChI=1S/C27H30N4O/c1-31(2)22-14-8-13-21(17-22)27(20-11-5-4-6-12-20)16-15-23-24(18-27)28-29-26(23)25(30-32-3)19-9-7-10-19/h4-6,8,11-17,30H,7,9-10,18H2,1-3H3,(H,28,29). The minimum absolute atomic E-state index is 0.261. The number of fused-ring (bicyclic) bond motifs is 1. The first kappa shape index (κ1) is 20.6. The molecule has 0 aliphatic heterocycles. The van der Waals surface area contributed by atoms with Crippen molar-refractivity contribution in [1.82, 2.24) is 15.7 Å². The first-order chi connectivity index (χ1) is 15.6. The lowest BCUT2D eigenvalue weighted by molar-refractivity contribution is 0.135. The van der Waals surface area contributed by atoms with Crippen molar-refractivity contribution in [3.8, 4) is 0 Å². The lowest BCUT2D eigenvalue weighted by atomic mass is 9.68. The summed E-state index contributed by atoms with van der Waals surface area (Å²) in [4.78, 5) is 7.46. The molecule has 2 aliphatic rings. The predicted molar refractivity (Wildman–Crippen MR) is 130 cm³/mol. The van der Waals surface area contributed by atoms with Gasteiger partial charge >= 0.3 is 0 Å². The Labute approximate surface area is 189 Å². The highest BCUT2D eigenvalue weighted by atomic mass is 16.6. The second kappa shape index (κ2) is 8.32. The number of anilines is 1. The first-order valence-corrected chi connectivity index (χ1v) is 11.2. The van der Waals surface area contributed by atoms with Gasteiger partial charge in [0.2, 0.25) is 0 Å². The summed E-state index contributed by atoms with van der Waals surface area (Å²) in [5, 5.41) is 8.09. The molecule has 0 radical (unpaired) electrons. The quantitative estimate of drug-likeness (QED) is 0.540. The van der Waals surface area contributed by atoms with Gasteiger partial charge in [-0.1, -0.05) is 54.6 Å². The van der Waals surface area contributed by atoms with E-state index in [4.69, 9.17) is 9.94 Å². The Bertz CT molecular complexity index is 1170. The minimum atomic E-state index is -0.261. The van der Waals surface area contributed by atoms with E-state index in [1.165, 1.54) is 28.8 Å². The van der Waals surface area contributed by atoms with Gasteiger partial charge in [0.25, 0.3) is 0 Å². The first-order valence-electron chi connectivity index (χ1n) is 11.2. The van der Waals surface area contributed by atoms with Crippen LogP contribution in [0, 0.1) is 0 Å². The van der Waals surface area contributed by atoms with Crippen molar-refractivity contribution in [2.45, 2.75) is 31.1 Å². The SMILES string of the molecule is CONC(=C1CCC1)c1n[nH]c2c1C=CC(c1ccccc1)(c1cccc(N(C)C)c1)C2. The molecule has 1 saturated carbocycles. The number of H-pyrrole nitrogens is 1. The van der Waals surface area contributed by atoms with Gasteiger partial charge in [0, 0.05) is 42.9 Å². The lowest BCUT2D eigenvalue weighted by Gasteiger charge is -2.35. The zero-order chi connectivity index (χ0) is 22.1. The van der Waals surface area contributed by atoms with Crippen molar-refractivity contribution in [2.24, 2.45) is 0 Å². The third-order valence-electron chi connectivity index (χ3n) is 6.79. The van der Waals surface area contributed by atoms with E-state index in [2.05, 4.69) is 96.3 Å². The van der Waals surface area contributed by atoms with E-state index in [1.807, 2.05) is 0 Å². The molecule has 0 spiro atoms. The maximum atomic E-state index is 5.30. The second-order valence-corrected chi connectivity index (χ2v) is 8.89. The monoisotopic (exact) mass is 426 g/mol. The van der Waals surface area contributed by atoms with Crippen LogP contribution in [0.15, 0.2) is 66.2 Å². The van der Waals surface area contributed by atoms with Gasteiger partial charge in [-0.15, -0.1) is 0 Å². The number of benzene rings is 2. The highest BCUT2D eigenvalue weighted by Gasteiger charge is 2.37. The van der Waals surface area contributed by atoms with Gasteiger partial charge in [-0.2, -0.15) is 5.10 Å². The number of allylic oxidation sites excluding steroid dienone is 2. The largest absolute Gasteiger partial charge is 0.378 e. The van der Waals surface area contributed by atoms with Crippen LogP contribution in [-0.4, -0.2) is 31.4 Å². The van der Waals surface area contributed by atoms with Gasteiger partial charge in [-0.3, -0.25) is 15.4 Å². The van der Waals surface area contributed by atoms with Gasteiger partial charge in [-0.25, -0.2) is 0 Å². The summed E-state index contributed by atoms with van der Waals surface area (Å²) < 4.78 is 0. The highest BCUT2D eigenvalue weighted by molar-refractivity contribution is 5.76. The summed E-state index contributed by atoms with van der Waals surface area (Å²) in [6.45, 7) is 0. The number of aromatic nitrogens is 2. The van der Waals surface area contributed by atoms with E-state index in [0.717, 1.165) is 41.9 Å². The molecule has 1 atom stereocenters. The molecule has 0 amide bonds. The molecule has 2 N–H and O–H groups in total. The predicted octanol–water partition coefficient (Wildman–Crippen LogP) is 5.08. The minimum Gasteiger partial charge on any atom is -0.378 e. The summed E-state index contributed by atoms with van der Waals surface area (Å²) in [6.07, 6.45) is 8.84. The second-order valence-electron chi connectivity index (χ2n) is 8.89. The summed E-state index contributed by atoms with van der Waals surface area (Å²) in [6, 6.07) is 19.6. The zero-order valence-electron chi connectivity index (χ0n) is 19.0. The average molecular weight is 427 g/mol. The van der Waals surface area contributed by atoms with Crippen molar-refractivity contribution in [2.75, 3.05) is 26.1 Å². The molecule has 0 bridgehead atoms. The van der Waals surface area contributed by atoms with E-state index in [1.54, 1.807) is 7.11 Å². The third-order valence-corrected chi connectivity index (χ3v) is 6.79. The molecule has 1 heterocycles. The lowest BCUT2D eigenvalue weighted by Crippen LogP contribution is -2.31. The Morgan fingerprint density at radius 3 is 2.53 bits per heavy atom. The third kappa shape index (κ3) is 3.43. The van der Waals surface area contributed by atoms with Crippen molar-refractivity contribution < 1.29 is 4.84 Å². The van der Waals surface area contributed by atoms with Crippen LogP contribution >= 0.6 is 0 Å². The van der Waals surface area contributed by atoms with Crippen LogP contribution in [0.25, 0.3) is 11.8 Å². The summed E-state index contributed by atoms with van der Waals surface area (Å²) in [5.41, 5.74) is 12.2. The number of rotatable bonds is 6. The normalized spacial score (nSPS) is 19.3. The van der Waals surface area contributed by atoms with Crippen molar-refractivity contribution >= 4 is 17.5 Å². The van der Waals surface area contributed by atoms with Crippen molar-refractivity contribution in [3.63, 3.8) is 0 Å². The van der Waals surface area contributed by atoms with E-state index < -0.39 is 0 Å². The van der Waals surface area contributed by atoms with Crippen LogP contribution in [-0.2, 0) is 16.7 Å². The number of nitrogens with one attached hydrogen (secondary N) is 2. The number of hydroxylamine groups is 1. The number of hydrogen-bond acceptors (Lipinski definition) is 4. The maximum Gasteiger partial charge on any atom is 0.118 e. The summed E-state index contributed by atoms with van der Waals surface area (Å²) in [7, 11) is 5.83. The van der Waals surface area contributed by atoms with Crippen LogP contribution in [0.2, 0.25) is 0 Å². The van der Waals surface area contributed by atoms with Gasteiger partial charge in [0.05, 0.1) is 12.8 Å². The van der Waals surface area contributed by atoms with E-state index in [-0.39, 0.29) is 5.41 Å². The zero-order valence-corrected chi connectivity index (χ0v) is 19.0. The molecule has 2 aliphatic carbocycles. The van der Waals surface area contributed by atoms with Gasteiger partial charge in [0.1, 0.15) is 5.69 Å². The molecule has 164 valence electrons. The molecule has 32 heavy (non-hydrogen) atoms. The topological polar surface area (TPSA) is 53.2 Å². The van der Waals surface area contributed by atoms with E-state index in [0.29, 0.717) is 0 Å². The maximum absolute atomic E-state index is 5.30. The molecule has 5 nitrogen and oxygen atoms in total. The fourth-order valence-electron chi connectivity index (χ4n) is 4.81. The Hall–Kier alpha value is -3.31. The molecular formula is C27H30N4O. The van der Waals surface area contributed by atoms with Crippen LogP contribution in [0.3, 0.4) is 0 Å². The smallest absolute Gasteiger partial charge is 0.118 e. The highest BCUT2D eigenvalue weighted by Crippen LogP contribution is 2.43. The van der Waals surface area contributed by atoms with Crippen LogP contribution in [0.5, 0.6) is 0 Å². The van der Waals surface area contributed by atoms with E-state index in [9.17, 15) is 0 Å². The number of nitrogens with zero attached hydrogens (tertiary/aromatic N) is 2. The fraction of sp³-hybridized carbons (Fsp3) is 0.296. The molecule has 2 aromatic carbocycles. The Morgan fingerprint density at radius 2 is 1.84 bits per heavy atom. The molecule has 0 saturated heterocycles. The number of hydrogen-bond donors (Lipinski definition) is 2. The molecule has 3 aromatic rings. The molecular weight excluding hydrogens is 396 g/mol. The van der Waals surface area contributed by atoms with Crippen LogP contribution < -0.4 is 10.4 Å². The fourth-order valence-corrected chi connectivity index (χ4v) is 4.81. The molecule has 1 aromatic heterocycles. The summed E-state index contributed by atoms with van der Waals surface area (Å²) in [5.74, 6) is 0. The van der Waals surface area contributed by atoms with Gasteiger partial charge in [0.15, 0.2) is 0 Å². The van der Waals surface area contributed by atoms with Gasteiger partial charge in [-0.05, 0) is 48.1 Å². The van der Waals surface area contributed by atoms with Crippen LogP contribution in [0.1, 0.15) is 47.3 Å². The Balaban J connectivity index is 1.63.